The lowest BCUT2D eigenvalue weighted by Gasteiger charge is -2.33. The van der Waals surface area contributed by atoms with E-state index in [2.05, 4.69) is 75.4 Å². The molecular weight excluding hydrogens is 1370 g/mol. The van der Waals surface area contributed by atoms with Crippen LogP contribution in [0.1, 0.15) is 94.4 Å². The second-order valence-electron chi connectivity index (χ2n) is 21.3. The monoisotopic (exact) mass is 1450 g/mol. The highest BCUT2D eigenvalue weighted by Gasteiger charge is 2.29. The van der Waals surface area contributed by atoms with Crippen molar-refractivity contribution in [2.24, 2.45) is 5.92 Å². The first-order valence-corrected chi connectivity index (χ1v) is 38.1. The van der Waals surface area contributed by atoms with E-state index < -0.39 is 44.7 Å². The van der Waals surface area contributed by atoms with Crippen LogP contribution in [0.15, 0.2) is 72.8 Å². The Kier molecular flexibility index (Phi) is 28.3. The Morgan fingerprint density at radius 1 is 0.627 bits per heavy atom. The highest BCUT2D eigenvalue weighted by molar-refractivity contribution is 9.69. The molecule has 5 aliphatic heterocycles. The molecule has 19 nitrogen and oxygen atoms in total. The van der Waals surface area contributed by atoms with Crippen LogP contribution in [0.5, 0.6) is 23.0 Å². The van der Waals surface area contributed by atoms with E-state index in [0.717, 1.165) is 135 Å². The van der Waals surface area contributed by atoms with E-state index in [1.807, 2.05) is 62.1 Å². The third-order valence-corrected chi connectivity index (χ3v) is 16.9. The Hall–Kier alpha value is -3.86. The minimum Gasteiger partial charge on any atom is -0.508 e. The Morgan fingerprint density at radius 2 is 1.02 bits per heavy atom. The van der Waals surface area contributed by atoms with E-state index in [9.17, 15) is 43.6 Å². The van der Waals surface area contributed by atoms with Crippen molar-refractivity contribution in [2.45, 2.75) is 103 Å². The maximum absolute atomic E-state index is 12.2. The van der Waals surface area contributed by atoms with Crippen LogP contribution in [0.3, 0.4) is 0 Å². The smallest absolute Gasteiger partial charge is 0.410 e. The number of nitrogens with one attached hydrogen (secondary N) is 1. The highest BCUT2D eigenvalue weighted by atomic mass is 79.9. The van der Waals surface area contributed by atoms with Gasteiger partial charge in [0, 0.05) is 55.6 Å². The van der Waals surface area contributed by atoms with Crippen LogP contribution in [0.25, 0.3) is 0 Å². The number of benzene rings is 4. The fourth-order valence-electron chi connectivity index (χ4n) is 9.75. The average molecular weight is 1450 g/mol. The van der Waals surface area contributed by atoms with Gasteiger partial charge in [0.05, 0.1) is 62.9 Å². The van der Waals surface area contributed by atoms with Gasteiger partial charge in [-0.25, -0.2) is 38.5 Å². The fourth-order valence-corrected chi connectivity index (χ4v) is 12.7. The van der Waals surface area contributed by atoms with Crippen LogP contribution in [0, 0.1) is 5.92 Å². The van der Waals surface area contributed by atoms with Crippen LogP contribution >= 0.6 is 58.0 Å². The Bertz CT molecular complexity index is 3220. The number of sulfonamides is 3. The summed E-state index contributed by atoms with van der Waals surface area (Å²) in [6, 6.07) is 22.2. The molecule has 83 heavy (non-hydrogen) atoms. The summed E-state index contributed by atoms with van der Waals surface area (Å²) in [6.45, 7) is 10.5. The molecule has 5 heterocycles. The summed E-state index contributed by atoms with van der Waals surface area (Å²) in [5, 5.41) is 12.7. The van der Waals surface area contributed by atoms with Crippen LogP contribution < -0.4 is 32.4 Å². The number of ether oxygens (including phenoxy) is 4. The first kappa shape index (κ1) is 71.6. The predicted octanol–water partition coefficient (Wildman–Crippen LogP) is 11.1. The second-order valence-corrected chi connectivity index (χ2v) is 36.5. The molecule has 0 radical (unpaired) electrons. The molecule has 1 saturated heterocycles. The molecule has 9 rings (SSSR count). The zero-order valence-corrected chi connectivity index (χ0v) is 57.5. The Balaban J connectivity index is 0.000000240. The largest absolute Gasteiger partial charge is 0.508 e. The van der Waals surface area contributed by atoms with Crippen LogP contribution in [0.4, 0.5) is 27.5 Å². The number of phenols is 1. The molecule has 1 amide bonds. The number of aryl methyl sites for hydroxylation is 4. The number of anilines is 4. The van der Waals surface area contributed by atoms with Crippen molar-refractivity contribution in [2.75, 3.05) is 103 Å². The van der Waals surface area contributed by atoms with Crippen LogP contribution in [-0.4, -0.2) is 144 Å². The minimum absolute atomic E-state index is 0.184. The SMILES string of the molecule is BrB(Br)Br.CC(C)(C)OC(=O)N1CCC(CCCOc2ccc3c(c2)CCCN3S(C)(=O)=O)CC1.COc1ccc2c(c1)CCCN2.COc1ccc2c(c1)CCCN2S(C)(=O)=O.CS(=O)(=O)Cl.CS(=O)(=O)N1CCCc2cc(O)ccc21. The number of carbonyl (C=O) groups excluding carboxylic acids is 1. The number of carbonyl (C=O) groups is 1. The lowest BCUT2D eigenvalue weighted by Crippen LogP contribution is -2.41. The van der Waals surface area contributed by atoms with Crippen LogP contribution in [-0.2, 0) is 69.5 Å². The maximum atomic E-state index is 12.2. The van der Waals surface area contributed by atoms with Gasteiger partial charge < -0.3 is 34.3 Å². The lowest BCUT2D eigenvalue weighted by atomic mass is 9.92. The number of halogens is 4. The van der Waals surface area contributed by atoms with Gasteiger partial charge in [-0.1, -0.05) is 0 Å². The van der Waals surface area contributed by atoms with Crippen LogP contribution in [0.2, 0.25) is 0 Å². The minimum atomic E-state index is -3.24. The summed E-state index contributed by atoms with van der Waals surface area (Å²) < 4.78 is 115. The maximum Gasteiger partial charge on any atom is 0.410 e. The molecule has 464 valence electrons. The van der Waals surface area contributed by atoms with E-state index >= 15 is 0 Å². The van der Waals surface area contributed by atoms with Gasteiger partial charge in [0.2, 0.25) is 39.1 Å². The first-order chi connectivity index (χ1) is 38.7. The zero-order chi connectivity index (χ0) is 61.9. The third kappa shape index (κ3) is 25.6. The van der Waals surface area contributed by atoms with Crippen molar-refractivity contribution >= 4 is 129 Å². The van der Waals surface area contributed by atoms with Crippen molar-refractivity contribution in [3.8, 4) is 23.0 Å². The molecule has 0 atom stereocenters. The summed E-state index contributed by atoms with van der Waals surface area (Å²) in [5.41, 5.74) is 7.41. The number of phenolic OH excluding ortho intramolecular Hbond substituents is 1. The number of methoxy groups -OCH3 is 2. The molecule has 2 N–H and O–H groups in total. The number of likely N-dealkylation sites (tertiary alicyclic amines) is 1. The summed E-state index contributed by atoms with van der Waals surface area (Å²) in [6.07, 6.45) is 15.9. The molecule has 0 unspecified atom stereocenters. The Labute approximate surface area is 523 Å². The lowest BCUT2D eigenvalue weighted by molar-refractivity contribution is 0.0179. The molecule has 5 aliphatic rings. The normalized spacial score (nSPS) is 15.8. The fraction of sp³-hybridized carbons (Fsp3) is 0.545. The second kappa shape index (κ2) is 32.8. The standard InChI is InChI=1S/C23H36N2O5S.C11H15NO3S.C10H13NO3S.C10H13NO.CH3ClO2S.BBr3/c1-23(2,3)30-22(26)24-14-11-18(12-15-24)7-6-16-29-20-9-10-21-19(17-20)8-5-13-25(21)31(4,27)28;1-15-10-5-6-11-9(8-10)4-3-7-12(11)16(2,13)14;1-15(13,14)11-6-2-3-8-7-9(12)4-5-10(8)11;1-12-9-4-5-10-8(7-9)3-2-6-11-10;1-5(2,3)4;2-1(3)4/h9-10,17-18H,5-8,11-16H2,1-4H3;5-6,8H,3-4,7H2,1-2H3;4-5,7,12H,2-3,6H2,1H3;4-5,7,11H,2-3,6H2,1H3;1H3;. The van der Waals surface area contributed by atoms with Crippen molar-refractivity contribution < 1.29 is 62.5 Å². The number of rotatable bonds is 10. The van der Waals surface area contributed by atoms with Crippen molar-refractivity contribution in [3.63, 3.8) is 0 Å². The van der Waals surface area contributed by atoms with Crippen molar-refractivity contribution in [3.05, 3.63) is 95.1 Å². The molecule has 0 aliphatic carbocycles. The molecule has 0 aromatic heterocycles. The third-order valence-electron chi connectivity index (χ3n) is 13.4. The number of hydrogen-bond donors (Lipinski definition) is 2. The van der Waals surface area contributed by atoms with Gasteiger partial charge in [0.25, 0.3) is 0 Å². The summed E-state index contributed by atoms with van der Waals surface area (Å²) in [7, 11) is -4.99. The van der Waals surface area contributed by atoms with Gasteiger partial charge in [-0.05, 0) is 199 Å². The molecule has 0 bridgehead atoms. The van der Waals surface area contributed by atoms with Gasteiger partial charge in [0.15, 0.2) is 0 Å². The summed E-state index contributed by atoms with van der Waals surface area (Å²) >= 11 is 9.31. The van der Waals surface area contributed by atoms with E-state index in [1.165, 1.54) is 61.8 Å². The number of hydrogen-bond acceptors (Lipinski definition) is 15. The molecule has 0 saturated carbocycles. The average Bonchev–Trinajstić information content (AvgIpc) is 3.54. The molecule has 1 fully saturated rings. The molecule has 4 aromatic rings. The van der Waals surface area contributed by atoms with E-state index in [-0.39, 0.29) is 15.0 Å². The number of piperidine rings is 1. The van der Waals surface area contributed by atoms with E-state index in [4.69, 9.17) is 18.9 Å². The van der Waals surface area contributed by atoms with Crippen molar-refractivity contribution in [1.82, 2.24) is 4.90 Å². The molecule has 28 heteroatoms. The number of amides is 1. The van der Waals surface area contributed by atoms with Crippen molar-refractivity contribution in [1.29, 1.82) is 0 Å². The quantitative estimate of drug-likeness (QED) is 0.0853. The molecule has 4 aromatic carbocycles. The summed E-state index contributed by atoms with van der Waals surface area (Å²) in [5.74, 6) is 3.32. The first-order valence-electron chi connectivity index (χ1n) is 27.0. The molecule has 0 spiro atoms. The van der Waals surface area contributed by atoms with Gasteiger partial charge in [-0.3, -0.25) is 12.9 Å². The van der Waals surface area contributed by atoms with E-state index in [1.54, 1.807) is 32.4 Å². The predicted molar refractivity (Wildman–Crippen MR) is 347 cm³/mol. The van der Waals surface area contributed by atoms with Gasteiger partial charge in [0.1, 0.15) is 28.6 Å². The van der Waals surface area contributed by atoms with E-state index in [0.29, 0.717) is 37.8 Å². The molecular formula is C55H80BBr3ClN5O14S4. The Morgan fingerprint density at radius 3 is 1.47 bits per heavy atom. The topological polar surface area (TPSA) is 236 Å². The summed E-state index contributed by atoms with van der Waals surface area (Å²) in [4.78, 5) is 14.0. The highest BCUT2D eigenvalue weighted by Crippen LogP contribution is 2.35. The zero-order valence-electron chi connectivity index (χ0n) is 48.7. The number of nitrogens with zero attached hydrogens (tertiary/aromatic N) is 4. The number of fused-ring (bicyclic) bond motifs is 4. The van der Waals surface area contributed by atoms with Gasteiger partial charge in [-0.2, -0.15) is 0 Å². The van der Waals surface area contributed by atoms with Gasteiger partial charge >= 0.3 is 9.28 Å². The van der Waals surface area contributed by atoms with Gasteiger partial charge in [-0.15, -0.1) is 47.3 Å². The number of aromatic hydroxyl groups is 1.